The summed E-state index contributed by atoms with van der Waals surface area (Å²) in [5, 5.41) is 6.00. The van der Waals surface area contributed by atoms with Gasteiger partial charge >= 0.3 is 0 Å². The summed E-state index contributed by atoms with van der Waals surface area (Å²) in [5.74, 6) is 1.06. The fraction of sp³-hybridized carbons (Fsp3) is 0.238. The number of rotatable bonds is 6. The zero-order valence-corrected chi connectivity index (χ0v) is 18.6. The Bertz CT molecular complexity index is 1270. The first-order valence-electron chi connectivity index (χ1n) is 9.33. The van der Waals surface area contributed by atoms with Gasteiger partial charge < -0.3 is 4.52 Å². The predicted molar refractivity (Wildman–Crippen MR) is 119 cm³/mol. The molecule has 1 atom stereocenters. The lowest BCUT2D eigenvalue weighted by atomic mass is 10.1. The summed E-state index contributed by atoms with van der Waals surface area (Å²) in [6, 6.07) is 12.7. The van der Waals surface area contributed by atoms with Crippen molar-refractivity contribution in [3.05, 3.63) is 80.1 Å². The molecule has 0 aliphatic rings. The molecule has 9 heteroatoms. The molecule has 0 radical (unpaired) electrons. The Labute approximate surface area is 187 Å². The van der Waals surface area contributed by atoms with Crippen molar-refractivity contribution in [2.24, 2.45) is 0 Å². The number of hydrogen-bond donors (Lipinski definition) is 0. The highest BCUT2D eigenvalue weighted by Gasteiger charge is 2.19. The van der Waals surface area contributed by atoms with E-state index in [0.29, 0.717) is 50.8 Å². The topological polar surface area (TPSA) is 73.8 Å². The van der Waals surface area contributed by atoms with Gasteiger partial charge in [0.1, 0.15) is 0 Å². The molecular weight excluding hydrogens is 443 g/mol. The van der Waals surface area contributed by atoms with Crippen LogP contribution in [-0.2, 0) is 13.0 Å². The quantitative estimate of drug-likeness (QED) is 0.279. The van der Waals surface area contributed by atoms with Crippen LogP contribution in [0.3, 0.4) is 0 Å². The Morgan fingerprint density at radius 2 is 1.97 bits per heavy atom. The van der Waals surface area contributed by atoms with Gasteiger partial charge in [0.15, 0.2) is 11.0 Å². The van der Waals surface area contributed by atoms with Crippen LogP contribution in [0.4, 0.5) is 0 Å². The number of halogens is 2. The Hall–Kier alpha value is -2.35. The SMILES string of the molecule is Cc1noc(C(C)Sc2nc3ccccc3c(=O)n2CCc2ccc(Cl)cc2Cl)n1. The smallest absolute Gasteiger partial charge is 0.262 e. The second-order valence-electron chi connectivity index (χ2n) is 6.79. The first-order chi connectivity index (χ1) is 14.4. The van der Waals surface area contributed by atoms with Crippen LogP contribution < -0.4 is 5.56 Å². The normalized spacial score (nSPS) is 12.4. The largest absolute Gasteiger partial charge is 0.338 e. The van der Waals surface area contributed by atoms with Gasteiger partial charge in [0.05, 0.1) is 16.2 Å². The molecule has 4 rings (SSSR count). The number of aromatic nitrogens is 4. The summed E-state index contributed by atoms with van der Waals surface area (Å²) >= 11 is 13.7. The molecule has 0 amide bonds. The van der Waals surface area contributed by atoms with Crippen molar-refractivity contribution in [2.75, 3.05) is 0 Å². The van der Waals surface area contributed by atoms with Crippen LogP contribution in [-0.4, -0.2) is 19.7 Å². The number of benzene rings is 2. The van der Waals surface area contributed by atoms with E-state index in [1.54, 1.807) is 29.7 Å². The van der Waals surface area contributed by atoms with Gasteiger partial charge in [-0.15, -0.1) is 0 Å². The number of thioether (sulfide) groups is 1. The Morgan fingerprint density at radius 1 is 1.17 bits per heavy atom. The Morgan fingerprint density at radius 3 is 2.70 bits per heavy atom. The van der Waals surface area contributed by atoms with Gasteiger partial charge in [0, 0.05) is 16.6 Å². The van der Waals surface area contributed by atoms with E-state index >= 15 is 0 Å². The predicted octanol–water partition coefficient (Wildman–Crippen LogP) is 5.49. The number of para-hydroxylation sites is 1. The van der Waals surface area contributed by atoms with Crippen LogP contribution in [0.25, 0.3) is 10.9 Å². The Kier molecular flexibility index (Phi) is 6.13. The van der Waals surface area contributed by atoms with E-state index in [2.05, 4.69) is 10.1 Å². The second kappa shape index (κ2) is 8.79. The highest BCUT2D eigenvalue weighted by atomic mass is 35.5. The average Bonchev–Trinajstić information content (AvgIpc) is 3.15. The van der Waals surface area contributed by atoms with Crippen molar-refractivity contribution >= 4 is 45.9 Å². The highest BCUT2D eigenvalue weighted by Crippen LogP contribution is 2.33. The molecule has 0 saturated heterocycles. The lowest BCUT2D eigenvalue weighted by Gasteiger charge is -2.15. The molecule has 6 nitrogen and oxygen atoms in total. The summed E-state index contributed by atoms with van der Waals surface area (Å²) in [6.07, 6.45) is 0.567. The molecule has 0 aliphatic carbocycles. The van der Waals surface area contributed by atoms with Crippen molar-refractivity contribution in [1.29, 1.82) is 0 Å². The average molecular weight is 461 g/mol. The van der Waals surface area contributed by atoms with E-state index in [1.165, 1.54) is 11.8 Å². The van der Waals surface area contributed by atoms with Crippen LogP contribution in [0.1, 0.15) is 29.5 Å². The van der Waals surface area contributed by atoms with Gasteiger partial charge in [-0.3, -0.25) is 9.36 Å². The van der Waals surface area contributed by atoms with Gasteiger partial charge in [0.2, 0.25) is 5.89 Å². The van der Waals surface area contributed by atoms with E-state index in [0.717, 1.165) is 5.56 Å². The van der Waals surface area contributed by atoms with Crippen LogP contribution in [0.15, 0.2) is 56.9 Å². The van der Waals surface area contributed by atoms with Crippen molar-refractivity contribution in [2.45, 2.75) is 37.2 Å². The highest BCUT2D eigenvalue weighted by molar-refractivity contribution is 7.99. The molecule has 0 saturated carbocycles. The van der Waals surface area contributed by atoms with Crippen LogP contribution >= 0.6 is 35.0 Å². The van der Waals surface area contributed by atoms with Crippen LogP contribution in [0.5, 0.6) is 0 Å². The fourth-order valence-electron chi connectivity index (χ4n) is 3.08. The second-order valence-corrected chi connectivity index (χ2v) is 8.95. The van der Waals surface area contributed by atoms with Crippen molar-refractivity contribution in [1.82, 2.24) is 19.7 Å². The summed E-state index contributed by atoms with van der Waals surface area (Å²) in [4.78, 5) is 22.3. The lowest BCUT2D eigenvalue weighted by molar-refractivity contribution is 0.376. The molecule has 0 fully saturated rings. The third kappa shape index (κ3) is 4.38. The van der Waals surface area contributed by atoms with Gasteiger partial charge in [-0.05, 0) is 50.1 Å². The number of fused-ring (bicyclic) bond motifs is 1. The molecule has 1 unspecified atom stereocenters. The third-order valence-corrected chi connectivity index (χ3v) is 6.28. The molecule has 2 aromatic heterocycles. The zero-order chi connectivity index (χ0) is 21.3. The molecule has 0 spiro atoms. The van der Waals surface area contributed by atoms with Crippen molar-refractivity contribution < 1.29 is 4.52 Å². The molecule has 0 N–H and O–H groups in total. The molecule has 2 heterocycles. The lowest BCUT2D eigenvalue weighted by Crippen LogP contribution is -2.24. The monoisotopic (exact) mass is 460 g/mol. The maximum absolute atomic E-state index is 13.2. The van der Waals surface area contributed by atoms with Gasteiger partial charge in [-0.25, -0.2) is 4.98 Å². The number of aryl methyl sites for hydroxylation is 2. The van der Waals surface area contributed by atoms with Crippen LogP contribution in [0.2, 0.25) is 10.0 Å². The van der Waals surface area contributed by atoms with E-state index in [9.17, 15) is 4.79 Å². The molecule has 154 valence electrons. The Balaban J connectivity index is 1.71. The van der Waals surface area contributed by atoms with Gasteiger partial charge in [0.25, 0.3) is 5.56 Å². The zero-order valence-electron chi connectivity index (χ0n) is 16.3. The number of nitrogens with zero attached hydrogens (tertiary/aromatic N) is 4. The van der Waals surface area contributed by atoms with E-state index in [-0.39, 0.29) is 10.8 Å². The molecular formula is C21H18Cl2N4O2S. The number of hydrogen-bond acceptors (Lipinski definition) is 6. The molecule has 0 bridgehead atoms. The minimum absolute atomic E-state index is 0.0953. The fourth-order valence-corrected chi connectivity index (χ4v) is 4.55. The molecule has 2 aromatic carbocycles. The minimum Gasteiger partial charge on any atom is -0.338 e. The first-order valence-corrected chi connectivity index (χ1v) is 11.0. The maximum Gasteiger partial charge on any atom is 0.262 e. The first kappa shape index (κ1) is 20.9. The summed E-state index contributed by atoms with van der Waals surface area (Å²) in [5.41, 5.74) is 1.47. The van der Waals surface area contributed by atoms with Crippen molar-refractivity contribution in [3.63, 3.8) is 0 Å². The van der Waals surface area contributed by atoms with E-state index < -0.39 is 0 Å². The molecule has 0 aliphatic heterocycles. The van der Waals surface area contributed by atoms with Crippen LogP contribution in [0, 0.1) is 6.92 Å². The molecule has 4 aromatic rings. The van der Waals surface area contributed by atoms with Gasteiger partial charge in [-0.1, -0.05) is 58.3 Å². The molecule has 30 heavy (non-hydrogen) atoms. The van der Waals surface area contributed by atoms with E-state index in [1.807, 2.05) is 31.2 Å². The standard InChI is InChI=1S/C21H18Cl2N4O2S/c1-12(19-24-13(2)26-29-19)30-21-25-18-6-4-3-5-16(18)20(28)27(21)10-9-14-7-8-15(22)11-17(14)23/h3-8,11-12H,9-10H2,1-2H3. The third-order valence-electron chi connectivity index (χ3n) is 4.62. The summed E-state index contributed by atoms with van der Waals surface area (Å²) in [6.45, 7) is 4.14. The maximum atomic E-state index is 13.2. The van der Waals surface area contributed by atoms with Crippen molar-refractivity contribution in [3.8, 4) is 0 Å². The summed E-state index contributed by atoms with van der Waals surface area (Å²) < 4.78 is 6.96. The van der Waals surface area contributed by atoms with Gasteiger partial charge in [-0.2, -0.15) is 4.98 Å². The van der Waals surface area contributed by atoms with E-state index in [4.69, 9.17) is 32.7 Å². The summed E-state index contributed by atoms with van der Waals surface area (Å²) in [7, 11) is 0. The minimum atomic E-state index is -0.162.